The largest absolute Gasteiger partial charge is 0.476 e. The molecular weight excluding hydrogens is 336 g/mol. The molecule has 0 aromatic carbocycles. The number of hydrogen-bond acceptors (Lipinski definition) is 5. The fourth-order valence-corrected chi connectivity index (χ4v) is 3.60. The van der Waals surface area contributed by atoms with Crippen molar-refractivity contribution in [3.63, 3.8) is 0 Å². The molecule has 136 valence electrons. The number of nitrogens with zero attached hydrogens (tertiary/aromatic N) is 4. The number of carboxylic acid groups (broad SMARTS) is 1. The Balaban J connectivity index is 1.61. The van der Waals surface area contributed by atoms with Gasteiger partial charge in [0.2, 0.25) is 0 Å². The van der Waals surface area contributed by atoms with Crippen molar-refractivity contribution < 1.29 is 19.4 Å². The minimum Gasteiger partial charge on any atom is -0.476 e. The molecule has 8 heteroatoms. The van der Waals surface area contributed by atoms with Gasteiger partial charge in [-0.1, -0.05) is 6.07 Å². The second kappa shape index (κ2) is 6.87. The lowest BCUT2D eigenvalue weighted by molar-refractivity contribution is -0.141. The van der Waals surface area contributed by atoms with Gasteiger partial charge in [0.05, 0.1) is 12.2 Å². The predicted molar refractivity (Wildman–Crippen MR) is 90.6 cm³/mol. The van der Waals surface area contributed by atoms with Crippen LogP contribution in [0, 0.1) is 0 Å². The van der Waals surface area contributed by atoms with E-state index >= 15 is 0 Å². The Morgan fingerprint density at radius 2 is 2.23 bits per heavy atom. The van der Waals surface area contributed by atoms with Gasteiger partial charge in [0.25, 0.3) is 5.91 Å². The molecule has 2 aliphatic heterocycles. The Labute approximate surface area is 150 Å². The number of ether oxygens (including phenoxy) is 1. The first-order valence-electron chi connectivity index (χ1n) is 8.75. The molecule has 0 aliphatic carbocycles. The predicted octanol–water partition coefficient (Wildman–Crippen LogP) is 1.09. The molecule has 1 fully saturated rings. The molecule has 0 saturated carbocycles. The third-order valence-corrected chi connectivity index (χ3v) is 4.89. The van der Waals surface area contributed by atoms with Gasteiger partial charge in [0, 0.05) is 43.6 Å². The molecule has 1 atom stereocenters. The normalized spacial score (nSPS) is 19.4. The number of carbonyl (C=O) groups is 2. The van der Waals surface area contributed by atoms with E-state index in [2.05, 4.69) is 10.1 Å². The summed E-state index contributed by atoms with van der Waals surface area (Å²) in [6.45, 7) is 1.82. The van der Waals surface area contributed by atoms with Gasteiger partial charge >= 0.3 is 5.97 Å². The third kappa shape index (κ3) is 3.08. The molecule has 8 nitrogen and oxygen atoms in total. The lowest BCUT2D eigenvalue weighted by atomic mass is 10.0. The molecule has 4 heterocycles. The Morgan fingerprint density at radius 1 is 1.35 bits per heavy atom. The van der Waals surface area contributed by atoms with Crippen LogP contribution in [0.15, 0.2) is 24.4 Å². The summed E-state index contributed by atoms with van der Waals surface area (Å²) in [7, 11) is 0. The highest BCUT2D eigenvalue weighted by Crippen LogP contribution is 2.25. The molecule has 0 bridgehead atoms. The third-order valence-electron chi connectivity index (χ3n) is 4.89. The van der Waals surface area contributed by atoms with Crippen LogP contribution in [0.5, 0.6) is 0 Å². The van der Waals surface area contributed by atoms with Gasteiger partial charge in [-0.2, -0.15) is 5.10 Å². The van der Waals surface area contributed by atoms with Crippen LogP contribution in [0.1, 0.15) is 40.3 Å². The number of amides is 1. The SMILES string of the molecule is O=C(O)c1nn(Cc2ccccn2)c2c1CN(C(=O)[C@@H]1CCCO1)CC2. The van der Waals surface area contributed by atoms with E-state index in [1.54, 1.807) is 15.8 Å². The maximum Gasteiger partial charge on any atom is 0.356 e. The standard InChI is InChI=1S/C18H20N4O4/c23-17(15-5-3-9-26-15)21-8-6-14-13(11-21)16(18(24)25)20-22(14)10-12-4-1-2-7-19-12/h1-2,4,7,15H,3,5-6,8-11H2,(H,24,25)/t15-/m0/s1. The molecule has 26 heavy (non-hydrogen) atoms. The number of pyridine rings is 1. The van der Waals surface area contributed by atoms with E-state index in [9.17, 15) is 14.7 Å². The number of rotatable bonds is 4. The maximum absolute atomic E-state index is 12.6. The number of aromatic nitrogens is 3. The molecule has 1 N–H and O–H groups in total. The van der Waals surface area contributed by atoms with Crippen LogP contribution in [0.3, 0.4) is 0 Å². The summed E-state index contributed by atoms with van der Waals surface area (Å²) in [6, 6.07) is 5.60. The average Bonchev–Trinajstić information content (AvgIpc) is 3.30. The Morgan fingerprint density at radius 3 is 2.92 bits per heavy atom. The zero-order chi connectivity index (χ0) is 18.1. The summed E-state index contributed by atoms with van der Waals surface area (Å²) < 4.78 is 7.18. The van der Waals surface area contributed by atoms with Crippen molar-refractivity contribution in [2.24, 2.45) is 0 Å². The lowest BCUT2D eigenvalue weighted by Crippen LogP contribution is -2.42. The van der Waals surface area contributed by atoms with E-state index in [1.165, 1.54) is 0 Å². The van der Waals surface area contributed by atoms with Crippen molar-refractivity contribution in [3.05, 3.63) is 47.0 Å². The number of aromatic carboxylic acids is 1. The zero-order valence-corrected chi connectivity index (χ0v) is 14.3. The summed E-state index contributed by atoms with van der Waals surface area (Å²) in [6.07, 6.45) is 3.49. The van der Waals surface area contributed by atoms with Gasteiger partial charge in [0.1, 0.15) is 6.10 Å². The van der Waals surface area contributed by atoms with Gasteiger partial charge in [-0.15, -0.1) is 0 Å². The smallest absolute Gasteiger partial charge is 0.356 e. The van der Waals surface area contributed by atoms with Crippen LogP contribution in [0.2, 0.25) is 0 Å². The van der Waals surface area contributed by atoms with Gasteiger partial charge in [-0.25, -0.2) is 4.79 Å². The molecule has 0 spiro atoms. The summed E-state index contributed by atoms with van der Waals surface area (Å²) in [4.78, 5) is 30.2. The first kappa shape index (κ1) is 16.7. The fraction of sp³-hybridized carbons (Fsp3) is 0.444. The van der Waals surface area contributed by atoms with E-state index in [0.717, 1.165) is 24.2 Å². The highest BCUT2D eigenvalue weighted by atomic mass is 16.5. The van der Waals surface area contributed by atoms with Crippen LogP contribution in [-0.4, -0.2) is 55.9 Å². The summed E-state index contributed by atoms with van der Waals surface area (Å²) in [5, 5.41) is 13.8. The minimum absolute atomic E-state index is 0.0146. The molecule has 2 aliphatic rings. The van der Waals surface area contributed by atoms with E-state index in [1.807, 2.05) is 18.2 Å². The Bertz CT molecular complexity index is 827. The molecule has 2 aromatic heterocycles. The highest BCUT2D eigenvalue weighted by Gasteiger charge is 2.34. The van der Waals surface area contributed by atoms with E-state index in [0.29, 0.717) is 31.7 Å². The first-order valence-corrected chi connectivity index (χ1v) is 8.75. The topological polar surface area (TPSA) is 97.5 Å². The molecule has 2 aromatic rings. The van der Waals surface area contributed by atoms with Crippen molar-refractivity contribution in [2.75, 3.05) is 13.2 Å². The molecule has 4 rings (SSSR count). The molecule has 1 saturated heterocycles. The van der Waals surface area contributed by atoms with Gasteiger partial charge in [0.15, 0.2) is 5.69 Å². The lowest BCUT2D eigenvalue weighted by Gasteiger charge is -2.29. The summed E-state index contributed by atoms with van der Waals surface area (Å²) in [5.41, 5.74) is 2.31. The van der Waals surface area contributed by atoms with Gasteiger partial charge in [-0.3, -0.25) is 14.5 Å². The number of fused-ring (bicyclic) bond motifs is 1. The molecule has 0 unspecified atom stereocenters. The van der Waals surface area contributed by atoms with Crippen LogP contribution in [-0.2, 0) is 29.0 Å². The second-order valence-electron chi connectivity index (χ2n) is 6.57. The first-order chi connectivity index (χ1) is 12.6. The van der Waals surface area contributed by atoms with Gasteiger partial charge < -0.3 is 14.7 Å². The molecular formula is C18H20N4O4. The summed E-state index contributed by atoms with van der Waals surface area (Å²) >= 11 is 0. The Kier molecular flexibility index (Phi) is 4.42. The zero-order valence-electron chi connectivity index (χ0n) is 14.3. The monoisotopic (exact) mass is 356 g/mol. The van der Waals surface area contributed by atoms with Crippen LogP contribution >= 0.6 is 0 Å². The van der Waals surface area contributed by atoms with Crippen molar-refractivity contribution in [1.82, 2.24) is 19.7 Å². The van der Waals surface area contributed by atoms with Crippen molar-refractivity contribution >= 4 is 11.9 Å². The minimum atomic E-state index is -1.08. The van der Waals surface area contributed by atoms with Crippen LogP contribution in [0.25, 0.3) is 0 Å². The van der Waals surface area contributed by atoms with Crippen molar-refractivity contribution in [2.45, 2.75) is 38.5 Å². The highest BCUT2D eigenvalue weighted by molar-refractivity contribution is 5.88. The second-order valence-corrected chi connectivity index (χ2v) is 6.57. The Hall–Kier alpha value is -2.74. The van der Waals surface area contributed by atoms with Gasteiger partial charge in [-0.05, 0) is 25.0 Å². The summed E-state index contributed by atoms with van der Waals surface area (Å²) in [5.74, 6) is -1.13. The van der Waals surface area contributed by atoms with E-state index in [-0.39, 0.29) is 18.1 Å². The maximum atomic E-state index is 12.6. The number of carboxylic acids is 1. The average molecular weight is 356 g/mol. The van der Waals surface area contributed by atoms with Crippen LogP contribution in [0.4, 0.5) is 0 Å². The fourth-order valence-electron chi connectivity index (χ4n) is 3.60. The van der Waals surface area contributed by atoms with Crippen molar-refractivity contribution in [1.29, 1.82) is 0 Å². The van der Waals surface area contributed by atoms with E-state index < -0.39 is 12.1 Å². The molecule has 1 amide bonds. The van der Waals surface area contributed by atoms with E-state index in [4.69, 9.17) is 4.74 Å². The van der Waals surface area contributed by atoms with Crippen LogP contribution < -0.4 is 0 Å². The van der Waals surface area contributed by atoms with Crippen molar-refractivity contribution in [3.8, 4) is 0 Å². The number of hydrogen-bond donors (Lipinski definition) is 1. The number of carbonyl (C=O) groups excluding carboxylic acids is 1. The molecule has 0 radical (unpaired) electrons. The quantitative estimate of drug-likeness (QED) is 0.881.